The second kappa shape index (κ2) is 10.4. The number of carbonyl (C=O) groups excluding carboxylic acids is 3. The van der Waals surface area contributed by atoms with Gasteiger partial charge < -0.3 is 4.74 Å². The van der Waals surface area contributed by atoms with Crippen molar-refractivity contribution in [1.82, 2.24) is 0 Å². The maximum atomic E-state index is 14.7. The molecule has 3 atom stereocenters. The molecule has 42 heavy (non-hydrogen) atoms. The van der Waals surface area contributed by atoms with Crippen LogP contribution in [-0.4, -0.2) is 22.3 Å². The third-order valence-electron chi connectivity index (χ3n) is 8.41. The lowest BCUT2D eigenvalue weighted by Crippen LogP contribution is -2.55. The molecule has 0 saturated carbocycles. The van der Waals surface area contributed by atoms with Crippen LogP contribution in [0.5, 0.6) is 5.75 Å². The van der Waals surface area contributed by atoms with E-state index in [0.29, 0.717) is 27.3 Å². The standard InChI is InChI=1S/C36H28O4S2/c1-3-21-17-11-19-25-31-34(41-32(21)25)27(29(37)23-13-7-5-8-14-23)28(30(38)24-15-9-6-10-16-24)36(40-31)35(39)26-20-12-18-22(4-2)33(26)42-36/h5-20,27-28H,3-4H2,1-2H3/t27-,28-,36-/m1/s1. The van der Waals surface area contributed by atoms with Gasteiger partial charge in [-0.1, -0.05) is 117 Å². The molecule has 0 bridgehead atoms. The highest BCUT2D eigenvalue weighted by molar-refractivity contribution is 8.02. The topological polar surface area (TPSA) is 60.4 Å². The van der Waals surface area contributed by atoms with Crippen molar-refractivity contribution in [2.24, 2.45) is 5.92 Å². The smallest absolute Gasteiger partial charge is 0.232 e. The molecule has 2 aliphatic rings. The van der Waals surface area contributed by atoms with Gasteiger partial charge in [0.25, 0.3) is 0 Å². The number of rotatable bonds is 6. The summed E-state index contributed by atoms with van der Waals surface area (Å²) in [5, 5.41) is 0.880. The van der Waals surface area contributed by atoms with Gasteiger partial charge in [0, 0.05) is 31.7 Å². The SMILES string of the molecule is CCc1cccc2c1S[C@@]1(Oc3c(sc4c(CC)cccc34)[C@@H](C(=O)c3ccccc3)[C@@H]1C(=O)c1ccccc1)C2=O. The van der Waals surface area contributed by atoms with E-state index in [9.17, 15) is 14.4 Å². The first-order valence-corrected chi connectivity index (χ1v) is 15.9. The molecule has 1 spiro atoms. The number of thioether (sulfide) groups is 1. The number of hydrogen-bond acceptors (Lipinski definition) is 6. The number of ether oxygens (including phenoxy) is 1. The number of carbonyl (C=O) groups is 3. The Morgan fingerprint density at radius 2 is 1.38 bits per heavy atom. The number of ketones is 3. The van der Waals surface area contributed by atoms with Crippen molar-refractivity contribution < 1.29 is 19.1 Å². The van der Waals surface area contributed by atoms with Gasteiger partial charge in [-0.25, -0.2) is 0 Å². The third-order valence-corrected chi connectivity index (χ3v) is 11.3. The summed E-state index contributed by atoms with van der Waals surface area (Å²) in [6.45, 7) is 4.15. The molecule has 6 heteroatoms. The van der Waals surface area contributed by atoms with E-state index in [1.165, 1.54) is 23.1 Å². The second-order valence-electron chi connectivity index (χ2n) is 10.7. The van der Waals surface area contributed by atoms with E-state index in [1.54, 1.807) is 24.3 Å². The first-order chi connectivity index (χ1) is 20.5. The highest BCUT2D eigenvalue weighted by Crippen LogP contribution is 2.62. The summed E-state index contributed by atoms with van der Waals surface area (Å²) in [6, 6.07) is 29.9. The van der Waals surface area contributed by atoms with Crippen LogP contribution in [0, 0.1) is 5.92 Å². The van der Waals surface area contributed by atoms with Crippen LogP contribution in [0.25, 0.3) is 10.1 Å². The van der Waals surface area contributed by atoms with Crippen molar-refractivity contribution in [3.8, 4) is 5.75 Å². The van der Waals surface area contributed by atoms with E-state index in [4.69, 9.17) is 4.74 Å². The Hall–Kier alpha value is -4.00. The molecule has 3 heterocycles. The van der Waals surface area contributed by atoms with Crippen molar-refractivity contribution in [2.45, 2.75) is 42.4 Å². The molecule has 4 aromatic carbocycles. The zero-order chi connectivity index (χ0) is 29.0. The lowest BCUT2D eigenvalue weighted by molar-refractivity contribution is 0.0393. The van der Waals surface area contributed by atoms with E-state index in [0.717, 1.165) is 39.0 Å². The van der Waals surface area contributed by atoms with Crippen LogP contribution in [0.2, 0.25) is 0 Å². The molecular formula is C36H28O4S2. The van der Waals surface area contributed by atoms with Crippen LogP contribution < -0.4 is 4.74 Å². The fraction of sp³-hybridized carbons (Fsp3) is 0.194. The molecule has 1 aromatic heterocycles. The Bertz CT molecular complexity index is 1880. The maximum absolute atomic E-state index is 14.7. The molecule has 4 nitrogen and oxygen atoms in total. The summed E-state index contributed by atoms with van der Waals surface area (Å²) < 4.78 is 7.98. The van der Waals surface area contributed by atoms with Gasteiger partial charge in [0.2, 0.25) is 10.7 Å². The monoisotopic (exact) mass is 588 g/mol. The Kier molecular flexibility index (Phi) is 6.63. The average Bonchev–Trinajstić information content (AvgIpc) is 3.55. The molecule has 0 unspecified atom stereocenters. The lowest BCUT2D eigenvalue weighted by Gasteiger charge is -2.42. The predicted molar refractivity (Wildman–Crippen MR) is 168 cm³/mol. The largest absolute Gasteiger partial charge is 0.466 e. The lowest BCUT2D eigenvalue weighted by atomic mass is 9.73. The van der Waals surface area contributed by atoms with Crippen LogP contribution in [0.3, 0.4) is 0 Å². The number of Topliss-reactive ketones (excluding diaryl/α,β-unsaturated/α-hetero) is 3. The molecule has 2 aliphatic heterocycles. The second-order valence-corrected chi connectivity index (χ2v) is 13.0. The van der Waals surface area contributed by atoms with Gasteiger partial charge in [0.15, 0.2) is 11.6 Å². The van der Waals surface area contributed by atoms with E-state index in [1.807, 2.05) is 66.7 Å². The molecule has 0 aliphatic carbocycles. The fourth-order valence-electron chi connectivity index (χ4n) is 6.33. The first kappa shape index (κ1) is 26.9. The minimum Gasteiger partial charge on any atom is -0.466 e. The Labute approximate surface area is 252 Å². The highest BCUT2D eigenvalue weighted by atomic mass is 32.2. The number of hydrogen-bond donors (Lipinski definition) is 0. The minimum atomic E-state index is -1.63. The molecule has 208 valence electrons. The molecule has 0 saturated heterocycles. The zero-order valence-electron chi connectivity index (χ0n) is 23.3. The van der Waals surface area contributed by atoms with Crippen molar-refractivity contribution in [1.29, 1.82) is 0 Å². The maximum Gasteiger partial charge on any atom is 0.232 e. The first-order valence-electron chi connectivity index (χ1n) is 14.3. The van der Waals surface area contributed by atoms with Crippen molar-refractivity contribution in [2.75, 3.05) is 0 Å². The van der Waals surface area contributed by atoms with Gasteiger partial charge >= 0.3 is 0 Å². The van der Waals surface area contributed by atoms with Crippen LogP contribution in [0.1, 0.15) is 66.8 Å². The fourth-order valence-corrected chi connectivity index (χ4v) is 9.39. The van der Waals surface area contributed by atoms with Crippen molar-refractivity contribution in [3.63, 3.8) is 0 Å². The Morgan fingerprint density at radius 3 is 2.05 bits per heavy atom. The number of benzene rings is 4. The zero-order valence-corrected chi connectivity index (χ0v) is 24.9. The number of thiophene rings is 1. The third kappa shape index (κ3) is 3.92. The van der Waals surface area contributed by atoms with Crippen LogP contribution in [-0.2, 0) is 12.8 Å². The minimum absolute atomic E-state index is 0.182. The summed E-state index contributed by atoms with van der Waals surface area (Å²) in [5.41, 5.74) is 3.68. The summed E-state index contributed by atoms with van der Waals surface area (Å²) in [4.78, 5) is 44.0. The van der Waals surface area contributed by atoms with Crippen LogP contribution in [0.4, 0.5) is 0 Å². The molecule has 0 N–H and O–H groups in total. The van der Waals surface area contributed by atoms with Gasteiger partial charge in [-0.2, -0.15) is 0 Å². The summed E-state index contributed by atoms with van der Waals surface area (Å²) in [7, 11) is 0. The van der Waals surface area contributed by atoms with Crippen LogP contribution >= 0.6 is 23.1 Å². The van der Waals surface area contributed by atoms with Crippen LogP contribution in [0.15, 0.2) is 102 Å². The van der Waals surface area contributed by atoms with E-state index in [-0.39, 0.29) is 17.3 Å². The van der Waals surface area contributed by atoms with Gasteiger partial charge in [0.05, 0.1) is 16.7 Å². The molecule has 7 rings (SSSR count). The van der Waals surface area contributed by atoms with Gasteiger partial charge in [-0.15, -0.1) is 11.3 Å². The Morgan fingerprint density at radius 1 is 0.762 bits per heavy atom. The molecule has 0 fully saturated rings. The molecule has 0 radical (unpaired) electrons. The average molecular weight is 589 g/mol. The summed E-state index contributed by atoms with van der Waals surface area (Å²) >= 11 is 2.83. The van der Waals surface area contributed by atoms with E-state index < -0.39 is 16.8 Å². The highest BCUT2D eigenvalue weighted by Gasteiger charge is 2.64. The Balaban J connectivity index is 1.54. The van der Waals surface area contributed by atoms with E-state index >= 15 is 0 Å². The molecular weight excluding hydrogens is 561 g/mol. The summed E-state index contributed by atoms with van der Waals surface area (Å²) in [5.74, 6) is -2.14. The van der Waals surface area contributed by atoms with Gasteiger partial charge in [-0.05, 0) is 30.0 Å². The quantitative estimate of drug-likeness (QED) is 0.186. The van der Waals surface area contributed by atoms with Crippen molar-refractivity contribution >= 4 is 50.5 Å². The number of fused-ring (bicyclic) bond motifs is 4. The predicted octanol–water partition coefficient (Wildman–Crippen LogP) is 8.57. The normalized spacial score (nSPS) is 20.8. The van der Waals surface area contributed by atoms with E-state index in [2.05, 4.69) is 19.9 Å². The summed E-state index contributed by atoms with van der Waals surface area (Å²) in [6.07, 6.45) is 1.54. The molecule has 0 amide bonds. The van der Waals surface area contributed by atoms with Gasteiger partial charge in [0.1, 0.15) is 5.75 Å². The van der Waals surface area contributed by atoms with Crippen molar-refractivity contribution in [3.05, 3.63) is 130 Å². The van der Waals surface area contributed by atoms with Gasteiger partial charge in [-0.3, -0.25) is 14.4 Å². The number of aryl methyl sites for hydroxylation is 2. The molecule has 5 aromatic rings.